The summed E-state index contributed by atoms with van der Waals surface area (Å²) in [4.78, 5) is 26.6. The fraction of sp³-hybridized carbons (Fsp3) is 0.304. The first-order valence-corrected chi connectivity index (χ1v) is 11.1. The van der Waals surface area contributed by atoms with Crippen LogP contribution in [0, 0.1) is 5.82 Å². The minimum absolute atomic E-state index is 0.197. The molecule has 0 atom stereocenters. The number of hydrogen-bond donors (Lipinski definition) is 1. The second-order valence-corrected chi connectivity index (χ2v) is 8.61. The van der Waals surface area contributed by atoms with E-state index in [2.05, 4.69) is 10.2 Å². The van der Waals surface area contributed by atoms with E-state index in [-0.39, 0.29) is 10.5 Å². The maximum atomic E-state index is 13.7. The lowest BCUT2D eigenvalue weighted by molar-refractivity contribution is -0.140. The molecular weight excluding hydrogens is 460 g/mol. The van der Waals surface area contributed by atoms with Crippen LogP contribution in [0.2, 0.25) is 0 Å². The molecule has 0 aromatic heterocycles. The zero-order valence-electron chi connectivity index (χ0n) is 17.4. The van der Waals surface area contributed by atoms with Gasteiger partial charge in [-0.05, 0) is 58.6 Å². The van der Waals surface area contributed by atoms with Gasteiger partial charge in [0, 0.05) is 19.6 Å². The number of ether oxygens (including phenoxy) is 1. The Bertz CT molecular complexity index is 1110. The summed E-state index contributed by atoms with van der Waals surface area (Å²) < 4.78 is 58.6. The molecule has 4 rings (SSSR count). The molecular formula is C23H20F4N2O3S. The van der Waals surface area contributed by atoms with Crippen LogP contribution in [-0.2, 0) is 15.7 Å². The maximum absolute atomic E-state index is 13.7. The van der Waals surface area contributed by atoms with Gasteiger partial charge in [0.1, 0.15) is 5.82 Å². The Morgan fingerprint density at radius 1 is 1.06 bits per heavy atom. The van der Waals surface area contributed by atoms with Gasteiger partial charge < -0.3 is 4.74 Å². The van der Waals surface area contributed by atoms with E-state index >= 15 is 0 Å². The van der Waals surface area contributed by atoms with E-state index in [4.69, 9.17) is 4.74 Å². The minimum Gasteiger partial charge on any atom is -0.379 e. The zero-order valence-corrected chi connectivity index (χ0v) is 18.2. The summed E-state index contributed by atoms with van der Waals surface area (Å²) in [6.45, 7) is 3.35. The van der Waals surface area contributed by atoms with Gasteiger partial charge in [-0.25, -0.2) is 4.39 Å². The summed E-state index contributed by atoms with van der Waals surface area (Å²) in [7, 11) is 0. The molecule has 0 radical (unpaired) electrons. The summed E-state index contributed by atoms with van der Waals surface area (Å²) >= 11 is 0.811. The van der Waals surface area contributed by atoms with E-state index in [1.54, 1.807) is 24.3 Å². The van der Waals surface area contributed by atoms with Crippen LogP contribution >= 0.6 is 11.8 Å². The molecule has 33 heavy (non-hydrogen) atoms. The molecule has 2 saturated heterocycles. The van der Waals surface area contributed by atoms with Gasteiger partial charge in [0.2, 0.25) is 0 Å². The number of nitrogens with zero attached hydrogens (tertiary/aromatic N) is 1. The van der Waals surface area contributed by atoms with E-state index < -0.39 is 28.7 Å². The monoisotopic (exact) mass is 480 g/mol. The highest BCUT2D eigenvalue weighted by Gasteiger charge is 2.34. The van der Waals surface area contributed by atoms with Crippen molar-refractivity contribution in [2.75, 3.05) is 32.8 Å². The van der Waals surface area contributed by atoms with E-state index in [9.17, 15) is 27.2 Å². The molecule has 0 bridgehead atoms. The normalized spacial score (nSPS) is 19.0. The minimum atomic E-state index is -4.82. The van der Waals surface area contributed by atoms with Gasteiger partial charge in [0.05, 0.1) is 23.7 Å². The number of morpholine rings is 1. The molecule has 2 amide bonds. The molecule has 2 aromatic carbocycles. The van der Waals surface area contributed by atoms with Crippen molar-refractivity contribution in [3.63, 3.8) is 0 Å². The highest BCUT2D eigenvalue weighted by Crippen LogP contribution is 2.37. The van der Waals surface area contributed by atoms with Crippen LogP contribution in [-0.4, -0.2) is 48.9 Å². The third-order valence-electron chi connectivity index (χ3n) is 5.49. The van der Waals surface area contributed by atoms with Crippen molar-refractivity contribution in [1.82, 2.24) is 10.2 Å². The number of imide groups is 1. The lowest BCUT2D eigenvalue weighted by Crippen LogP contribution is -2.37. The highest BCUT2D eigenvalue weighted by atomic mass is 32.2. The Hall–Kier alpha value is -2.69. The van der Waals surface area contributed by atoms with Crippen molar-refractivity contribution in [3.8, 4) is 11.1 Å². The first-order chi connectivity index (χ1) is 15.7. The Morgan fingerprint density at radius 2 is 1.79 bits per heavy atom. The predicted octanol–water partition coefficient (Wildman–Crippen LogP) is 4.93. The number of amides is 2. The molecule has 2 aliphatic rings. The third-order valence-corrected chi connectivity index (χ3v) is 6.41. The summed E-state index contributed by atoms with van der Waals surface area (Å²) in [6, 6.07) is 9.54. The number of nitrogens with one attached hydrogen (secondary N) is 1. The molecule has 0 saturated carbocycles. The van der Waals surface area contributed by atoms with Crippen molar-refractivity contribution < 1.29 is 31.9 Å². The van der Waals surface area contributed by atoms with Crippen molar-refractivity contribution in [1.29, 1.82) is 0 Å². The molecule has 174 valence electrons. The van der Waals surface area contributed by atoms with Gasteiger partial charge in [-0.15, -0.1) is 0 Å². The van der Waals surface area contributed by atoms with E-state index in [1.807, 2.05) is 0 Å². The number of carbonyl (C=O) groups is 2. The number of hydrogen-bond acceptors (Lipinski definition) is 5. The second kappa shape index (κ2) is 9.66. The summed E-state index contributed by atoms with van der Waals surface area (Å²) in [5, 5.41) is 1.79. The Morgan fingerprint density at radius 3 is 2.45 bits per heavy atom. The first kappa shape index (κ1) is 23.5. The topological polar surface area (TPSA) is 58.6 Å². The van der Waals surface area contributed by atoms with Crippen LogP contribution in [0.1, 0.15) is 17.5 Å². The fourth-order valence-electron chi connectivity index (χ4n) is 3.80. The van der Waals surface area contributed by atoms with Crippen molar-refractivity contribution in [2.45, 2.75) is 12.6 Å². The SMILES string of the molecule is O=C1NC(=O)/C(=C(\CCN2CCOCC2)c2cccc(-c3ccc(F)c(C(F)(F)F)c3)c2)S1. The summed E-state index contributed by atoms with van der Waals surface area (Å²) in [5.41, 5.74) is 0.549. The van der Waals surface area contributed by atoms with Gasteiger partial charge in [-0.3, -0.25) is 19.8 Å². The number of benzene rings is 2. The summed E-state index contributed by atoms with van der Waals surface area (Å²) in [5.74, 6) is -1.83. The molecule has 1 N–H and O–H groups in total. The van der Waals surface area contributed by atoms with Crippen LogP contribution in [0.3, 0.4) is 0 Å². The number of carbonyl (C=O) groups excluding carboxylic acids is 2. The highest BCUT2D eigenvalue weighted by molar-refractivity contribution is 8.18. The number of rotatable bonds is 5. The van der Waals surface area contributed by atoms with Crippen molar-refractivity contribution in [3.05, 3.63) is 64.3 Å². The van der Waals surface area contributed by atoms with E-state index in [0.29, 0.717) is 42.9 Å². The molecule has 2 aliphatic heterocycles. The molecule has 2 aromatic rings. The lowest BCUT2D eigenvalue weighted by atomic mass is 9.95. The van der Waals surface area contributed by atoms with Gasteiger partial charge in [-0.1, -0.05) is 24.3 Å². The number of halogens is 4. The molecule has 5 nitrogen and oxygen atoms in total. The molecule has 2 heterocycles. The van der Waals surface area contributed by atoms with Gasteiger partial charge in [0.25, 0.3) is 11.1 Å². The Labute approximate surface area is 191 Å². The lowest BCUT2D eigenvalue weighted by Gasteiger charge is -2.27. The Balaban J connectivity index is 1.70. The van der Waals surface area contributed by atoms with Crippen LogP contribution in [0.5, 0.6) is 0 Å². The summed E-state index contributed by atoms with van der Waals surface area (Å²) in [6.07, 6.45) is -4.36. The van der Waals surface area contributed by atoms with Gasteiger partial charge >= 0.3 is 6.18 Å². The molecule has 2 fully saturated rings. The Kier molecular flexibility index (Phi) is 6.87. The fourth-order valence-corrected chi connectivity index (χ4v) is 4.62. The third kappa shape index (κ3) is 5.45. The first-order valence-electron chi connectivity index (χ1n) is 10.3. The van der Waals surface area contributed by atoms with Crippen LogP contribution in [0.25, 0.3) is 16.7 Å². The van der Waals surface area contributed by atoms with Crippen LogP contribution in [0.4, 0.5) is 22.4 Å². The quantitative estimate of drug-likeness (QED) is 0.486. The zero-order chi connectivity index (χ0) is 23.6. The molecule has 0 unspecified atom stereocenters. The second-order valence-electron chi connectivity index (χ2n) is 7.63. The average Bonchev–Trinajstić information content (AvgIpc) is 3.12. The maximum Gasteiger partial charge on any atom is 0.419 e. The van der Waals surface area contributed by atoms with E-state index in [0.717, 1.165) is 37.0 Å². The van der Waals surface area contributed by atoms with Crippen molar-refractivity contribution >= 4 is 28.5 Å². The van der Waals surface area contributed by atoms with E-state index in [1.165, 1.54) is 6.07 Å². The van der Waals surface area contributed by atoms with Gasteiger partial charge in [0.15, 0.2) is 0 Å². The predicted molar refractivity (Wildman–Crippen MR) is 117 cm³/mol. The standard InChI is InChI=1S/C23H20F4N2O3S/c24-19-5-4-15(13-18(19)23(25,26)27)14-2-1-3-16(12-14)17(20-21(30)28-22(31)33-20)6-7-29-8-10-32-11-9-29/h1-5,12-13H,6-11H2,(H,28,30,31)/b20-17-. The van der Waals surface area contributed by atoms with Crippen LogP contribution in [0.15, 0.2) is 47.4 Å². The number of thioether (sulfide) groups is 1. The largest absolute Gasteiger partial charge is 0.419 e. The molecule has 0 spiro atoms. The molecule has 10 heteroatoms. The average molecular weight is 480 g/mol. The van der Waals surface area contributed by atoms with Crippen molar-refractivity contribution in [2.24, 2.45) is 0 Å². The van der Waals surface area contributed by atoms with Crippen LogP contribution < -0.4 is 5.32 Å². The smallest absolute Gasteiger partial charge is 0.379 e. The van der Waals surface area contributed by atoms with Gasteiger partial charge in [-0.2, -0.15) is 13.2 Å². The molecule has 0 aliphatic carbocycles. The number of alkyl halides is 3.